The van der Waals surface area contributed by atoms with E-state index in [9.17, 15) is 20.1 Å². The second-order valence-electron chi connectivity index (χ2n) is 3.68. The molecule has 0 saturated heterocycles. The van der Waals surface area contributed by atoms with Crippen LogP contribution >= 0.6 is 0 Å². The maximum atomic E-state index is 11.2. The number of Topliss-reactive ketones (excluding diaryl/α,β-unsaturated/α-hetero) is 1. The van der Waals surface area contributed by atoms with Crippen LogP contribution < -0.4 is 0 Å². The number of ketones is 1. The van der Waals surface area contributed by atoms with Crippen molar-refractivity contribution in [1.82, 2.24) is 0 Å². The van der Waals surface area contributed by atoms with Gasteiger partial charge < -0.3 is 35.7 Å². The highest BCUT2D eigenvalue weighted by Crippen LogP contribution is 2.08. The van der Waals surface area contributed by atoms with E-state index in [0.717, 1.165) is 0 Å². The molecule has 0 aromatic heterocycles. The Morgan fingerprint density at radius 2 is 1.41 bits per heavy atom. The number of carbonyl (C=O) groups is 1. The molecular weight excluding hydrogens is 236 g/mol. The van der Waals surface area contributed by atoms with Crippen molar-refractivity contribution >= 4 is 5.78 Å². The molecule has 0 radical (unpaired) electrons. The van der Waals surface area contributed by atoms with Crippen LogP contribution in [0.3, 0.4) is 0 Å². The van der Waals surface area contributed by atoms with Crippen molar-refractivity contribution in [2.45, 2.75) is 36.9 Å². The topological polar surface area (TPSA) is 159 Å². The molecule has 5 atom stereocenters. The minimum absolute atomic E-state index is 0.601. The second-order valence-corrected chi connectivity index (χ2v) is 3.68. The summed E-state index contributed by atoms with van der Waals surface area (Å²) in [5.41, 5.74) is 0. The number of aliphatic hydroxyl groups is 7. The maximum absolute atomic E-state index is 11.2. The number of rotatable bonds is 8. The zero-order valence-corrected chi connectivity index (χ0v) is 9.05. The highest BCUT2D eigenvalue weighted by atomic mass is 16.4. The van der Waals surface area contributed by atoms with E-state index >= 15 is 0 Å². The van der Waals surface area contributed by atoms with Crippen LogP contribution in [0.2, 0.25) is 0 Å². The van der Waals surface area contributed by atoms with Crippen LogP contribution in [0.5, 0.6) is 0 Å². The summed E-state index contributed by atoms with van der Waals surface area (Å²) in [5, 5.41) is 62.7. The van der Waals surface area contributed by atoms with Gasteiger partial charge in [0.2, 0.25) is 0 Å². The van der Waals surface area contributed by atoms with E-state index in [0.29, 0.717) is 0 Å². The predicted molar refractivity (Wildman–Crippen MR) is 53.8 cm³/mol. The van der Waals surface area contributed by atoms with Crippen LogP contribution in [0.15, 0.2) is 0 Å². The zero-order valence-electron chi connectivity index (χ0n) is 9.05. The van der Waals surface area contributed by atoms with Gasteiger partial charge in [-0.15, -0.1) is 0 Å². The Labute approximate surface area is 97.4 Å². The largest absolute Gasteiger partial charge is 0.394 e. The molecule has 0 aromatic rings. The lowest BCUT2D eigenvalue weighted by Gasteiger charge is -2.25. The predicted octanol–water partition coefficient (Wildman–Crippen LogP) is -4.27. The Balaban J connectivity index is 4.38. The first-order valence-corrected chi connectivity index (χ1v) is 4.99. The van der Waals surface area contributed by atoms with Gasteiger partial charge in [-0.3, -0.25) is 4.79 Å². The molecule has 0 heterocycles. The average molecular weight is 254 g/mol. The minimum atomic E-state index is -2.02. The smallest absolute Gasteiger partial charge is 0.166 e. The molecule has 0 aliphatic rings. The van der Waals surface area contributed by atoms with Crippen molar-refractivity contribution in [3.63, 3.8) is 0 Å². The molecule has 7 N–H and O–H groups in total. The van der Waals surface area contributed by atoms with Gasteiger partial charge in [-0.1, -0.05) is 0 Å². The van der Waals surface area contributed by atoms with E-state index in [1.165, 1.54) is 0 Å². The highest BCUT2D eigenvalue weighted by molar-refractivity contribution is 5.83. The summed E-state index contributed by atoms with van der Waals surface area (Å²) in [7, 11) is 0. The summed E-state index contributed by atoms with van der Waals surface area (Å²) < 4.78 is 0. The summed E-state index contributed by atoms with van der Waals surface area (Å²) in [5.74, 6) is -0.997. The molecule has 0 aliphatic carbocycles. The van der Waals surface area contributed by atoms with Gasteiger partial charge in [0, 0.05) is 6.42 Å². The van der Waals surface area contributed by atoms with E-state index in [1.54, 1.807) is 0 Å². The van der Waals surface area contributed by atoms with Crippen molar-refractivity contribution in [2.75, 3.05) is 13.2 Å². The lowest BCUT2D eigenvalue weighted by Crippen LogP contribution is -2.49. The van der Waals surface area contributed by atoms with Crippen molar-refractivity contribution in [2.24, 2.45) is 0 Å². The molecule has 8 nitrogen and oxygen atoms in total. The molecule has 0 rings (SSSR count). The molecule has 0 bridgehead atoms. The molecule has 1 unspecified atom stereocenters. The molecule has 8 heteroatoms. The van der Waals surface area contributed by atoms with Crippen LogP contribution in [-0.4, -0.2) is 85.3 Å². The van der Waals surface area contributed by atoms with Crippen molar-refractivity contribution in [1.29, 1.82) is 0 Å². The number of aliphatic hydroxyl groups excluding tert-OH is 7. The molecule has 0 saturated carbocycles. The van der Waals surface area contributed by atoms with Crippen LogP contribution in [0.1, 0.15) is 6.42 Å². The molecule has 0 amide bonds. The lowest BCUT2D eigenvalue weighted by molar-refractivity contribution is -0.149. The van der Waals surface area contributed by atoms with Gasteiger partial charge >= 0.3 is 0 Å². The second kappa shape index (κ2) is 7.67. The third-order valence-corrected chi connectivity index (χ3v) is 2.23. The first kappa shape index (κ1) is 16.4. The van der Waals surface area contributed by atoms with E-state index in [-0.39, 0.29) is 0 Å². The zero-order chi connectivity index (χ0) is 13.6. The van der Waals surface area contributed by atoms with Gasteiger partial charge in [0.15, 0.2) is 5.78 Å². The first-order valence-electron chi connectivity index (χ1n) is 4.99. The SMILES string of the molecule is O=C(CC(O)CO)[C@H](O)[C@@H](O)[C@H](O)[C@H](O)CO. The van der Waals surface area contributed by atoms with E-state index in [1.807, 2.05) is 0 Å². The summed E-state index contributed by atoms with van der Waals surface area (Å²) in [4.78, 5) is 11.2. The van der Waals surface area contributed by atoms with E-state index in [2.05, 4.69) is 0 Å². The fourth-order valence-corrected chi connectivity index (χ4v) is 1.13. The summed E-state index contributed by atoms with van der Waals surface area (Å²) >= 11 is 0. The van der Waals surface area contributed by atoms with Crippen LogP contribution in [-0.2, 0) is 4.79 Å². The van der Waals surface area contributed by atoms with Crippen molar-refractivity contribution in [3.05, 3.63) is 0 Å². The molecule has 17 heavy (non-hydrogen) atoms. The van der Waals surface area contributed by atoms with Gasteiger partial charge in [0.25, 0.3) is 0 Å². The van der Waals surface area contributed by atoms with Crippen LogP contribution in [0.25, 0.3) is 0 Å². The Bertz CT molecular complexity index is 233. The third-order valence-electron chi connectivity index (χ3n) is 2.23. The minimum Gasteiger partial charge on any atom is -0.394 e. The normalized spacial score (nSPS) is 20.4. The van der Waals surface area contributed by atoms with Crippen molar-refractivity contribution in [3.8, 4) is 0 Å². The van der Waals surface area contributed by atoms with Gasteiger partial charge in [0.05, 0.1) is 19.3 Å². The first-order chi connectivity index (χ1) is 7.84. The van der Waals surface area contributed by atoms with Crippen LogP contribution in [0.4, 0.5) is 0 Å². The summed E-state index contributed by atoms with van der Waals surface area (Å²) in [6.45, 7) is -1.53. The molecular formula is C9H18O8. The van der Waals surface area contributed by atoms with Crippen LogP contribution in [0, 0.1) is 0 Å². The monoisotopic (exact) mass is 254 g/mol. The summed E-state index contributed by atoms with van der Waals surface area (Å²) in [6.07, 6.45) is -9.58. The Hall–Kier alpha value is -0.610. The van der Waals surface area contributed by atoms with Gasteiger partial charge in [-0.25, -0.2) is 0 Å². The quantitative estimate of drug-likeness (QED) is 0.229. The number of carbonyl (C=O) groups excluding carboxylic acids is 1. The van der Waals surface area contributed by atoms with E-state index < -0.39 is 55.9 Å². The lowest BCUT2D eigenvalue weighted by atomic mass is 9.98. The number of hydrogen-bond donors (Lipinski definition) is 7. The fraction of sp³-hybridized carbons (Fsp3) is 0.889. The van der Waals surface area contributed by atoms with E-state index in [4.69, 9.17) is 20.4 Å². The summed E-state index contributed by atoms with van der Waals surface area (Å²) in [6, 6.07) is 0. The highest BCUT2D eigenvalue weighted by Gasteiger charge is 2.34. The Kier molecular flexibility index (Phi) is 7.39. The third kappa shape index (κ3) is 5.04. The molecule has 0 fully saturated rings. The average Bonchev–Trinajstić information content (AvgIpc) is 2.34. The Morgan fingerprint density at radius 1 is 0.882 bits per heavy atom. The molecule has 102 valence electrons. The molecule has 0 spiro atoms. The molecule has 0 aliphatic heterocycles. The number of hydrogen-bond acceptors (Lipinski definition) is 8. The molecule has 0 aromatic carbocycles. The fourth-order valence-electron chi connectivity index (χ4n) is 1.13. The van der Waals surface area contributed by atoms with Gasteiger partial charge in [-0.05, 0) is 0 Å². The maximum Gasteiger partial charge on any atom is 0.166 e. The standard InChI is InChI=1S/C9H18O8/c10-2-4(12)1-5(13)7(15)9(17)8(16)6(14)3-11/h4,6-12,14-17H,1-3H2/t4?,6-,7+,8-,9-/m1/s1. The van der Waals surface area contributed by atoms with Gasteiger partial charge in [0.1, 0.15) is 24.4 Å². The van der Waals surface area contributed by atoms with Crippen molar-refractivity contribution < 1.29 is 40.5 Å². The Morgan fingerprint density at radius 3 is 1.82 bits per heavy atom. The van der Waals surface area contributed by atoms with Gasteiger partial charge in [-0.2, -0.15) is 0 Å².